The van der Waals surface area contributed by atoms with Crippen LogP contribution in [0, 0.1) is 5.92 Å². The Labute approximate surface area is 140 Å². The van der Waals surface area contributed by atoms with Crippen LogP contribution < -0.4 is 0 Å². The Kier molecular flexibility index (Phi) is 4.41. The first-order valence-corrected chi connectivity index (χ1v) is 7.69. The van der Waals surface area contributed by atoms with Crippen molar-refractivity contribution < 1.29 is 9.53 Å². The summed E-state index contributed by atoms with van der Waals surface area (Å²) in [6, 6.07) is 3.45. The van der Waals surface area contributed by atoms with E-state index in [-0.39, 0.29) is 5.92 Å². The van der Waals surface area contributed by atoms with Gasteiger partial charge in [-0.05, 0) is 18.1 Å². The van der Waals surface area contributed by atoms with E-state index in [1.54, 1.807) is 41.6 Å². The molecule has 0 amide bonds. The summed E-state index contributed by atoms with van der Waals surface area (Å²) in [5.41, 5.74) is 0.402. The molecule has 24 heavy (non-hydrogen) atoms. The lowest BCUT2D eigenvalue weighted by atomic mass is 10.1. The largest absolute Gasteiger partial charge is 0.450 e. The van der Waals surface area contributed by atoms with Gasteiger partial charge < -0.3 is 9.30 Å². The number of carbonyl (C=O) groups is 1. The normalized spacial score (nSPS) is 12.3. The number of pyridine rings is 1. The number of imidazole rings is 2. The molecule has 0 aromatic carbocycles. The molecule has 0 spiro atoms. The van der Waals surface area contributed by atoms with Crippen molar-refractivity contribution in [3.05, 3.63) is 60.8 Å². The maximum absolute atomic E-state index is 12.4. The summed E-state index contributed by atoms with van der Waals surface area (Å²) in [5.74, 6) is 1.10. The SMILES string of the molecule is CC(C)[C@H](OC(=O)c1ccc(-n2ccnc2)nc1)c1nccn1C. The quantitative estimate of drug-likeness (QED) is 0.674. The van der Waals surface area contributed by atoms with E-state index in [1.807, 2.05) is 31.7 Å². The van der Waals surface area contributed by atoms with Gasteiger partial charge in [0, 0.05) is 38.0 Å². The van der Waals surface area contributed by atoms with Gasteiger partial charge in [0.1, 0.15) is 18.0 Å². The molecular formula is C17H19N5O2. The first kappa shape index (κ1) is 15.9. The third-order valence-electron chi connectivity index (χ3n) is 3.70. The van der Waals surface area contributed by atoms with Gasteiger partial charge in [-0.2, -0.15) is 0 Å². The Morgan fingerprint density at radius 2 is 2.00 bits per heavy atom. The van der Waals surface area contributed by atoms with Crippen molar-refractivity contribution in [2.75, 3.05) is 0 Å². The molecule has 0 fully saturated rings. The standard InChI is InChI=1S/C17H19N5O2/c1-12(2)15(16-19-7-8-21(16)3)24-17(23)13-4-5-14(20-10-13)22-9-6-18-11-22/h4-12,15H,1-3H3/t15-/m0/s1. The zero-order chi connectivity index (χ0) is 17.1. The van der Waals surface area contributed by atoms with Crippen molar-refractivity contribution >= 4 is 5.97 Å². The predicted octanol–water partition coefficient (Wildman–Crippen LogP) is 2.55. The number of hydrogen-bond acceptors (Lipinski definition) is 5. The number of aromatic nitrogens is 5. The van der Waals surface area contributed by atoms with Crippen LogP contribution in [-0.4, -0.2) is 30.1 Å². The third-order valence-corrected chi connectivity index (χ3v) is 3.70. The van der Waals surface area contributed by atoms with E-state index < -0.39 is 12.1 Å². The molecule has 7 heteroatoms. The fraction of sp³-hybridized carbons (Fsp3) is 0.294. The Balaban J connectivity index is 1.77. The summed E-state index contributed by atoms with van der Waals surface area (Å²) in [6.07, 6.45) is 9.73. The van der Waals surface area contributed by atoms with Crippen LogP contribution in [0.1, 0.15) is 36.1 Å². The second kappa shape index (κ2) is 6.66. The number of ether oxygens (including phenoxy) is 1. The first-order chi connectivity index (χ1) is 11.6. The van der Waals surface area contributed by atoms with Gasteiger partial charge in [0.25, 0.3) is 0 Å². The van der Waals surface area contributed by atoms with Crippen LogP contribution in [0.25, 0.3) is 5.82 Å². The lowest BCUT2D eigenvalue weighted by molar-refractivity contribution is 0.0141. The van der Waals surface area contributed by atoms with Gasteiger partial charge in [0.2, 0.25) is 0 Å². The molecule has 124 valence electrons. The highest BCUT2D eigenvalue weighted by molar-refractivity contribution is 5.89. The summed E-state index contributed by atoms with van der Waals surface area (Å²) in [4.78, 5) is 25.0. The van der Waals surface area contributed by atoms with Gasteiger partial charge in [0.15, 0.2) is 6.10 Å². The van der Waals surface area contributed by atoms with Crippen molar-refractivity contribution in [3.63, 3.8) is 0 Å². The zero-order valence-electron chi connectivity index (χ0n) is 13.8. The highest BCUT2D eigenvalue weighted by Crippen LogP contribution is 2.25. The van der Waals surface area contributed by atoms with Crippen LogP contribution in [0.3, 0.4) is 0 Å². The zero-order valence-corrected chi connectivity index (χ0v) is 13.8. The average Bonchev–Trinajstić information content (AvgIpc) is 3.24. The summed E-state index contributed by atoms with van der Waals surface area (Å²) < 4.78 is 9.30. The molecule has 0 saturated heterocycles. The number of rotatable bonds is 5. The van der Waals surface area contributed by atoms with Crippen molar-refractivity contribution in [3.8, 4) is 5.82 Å². The fourth-order valence-electron chi connectivity index (χ4n) is 2.38. The molecule has 7 nitrogen and oxygen atoms in total. The van der Waals surface area contributed by atoms with Crippen molar-refractivity contribution in [1.82, 2.24) is 24.1 Å². The van der Waals surface area contributed by atoms with Crippen molar-refractivity contribution in [1.29, 1.82) is 0 Å². The topological polar surface area (TPSA) is 74.8 Å². The highest BCUT2D eigenvalue weighted by Gasteiger charge is 2.25. The lowest BCUT2D eigenvalue weighted by Crippen LogP contribution is -2.19. The van der Waals surface area contributed by atoms with Gasteiger partial charge >= 0.3 is 5.97 Å². The lowest BCUT2D eigenvalue weighted by Gasteiger charge is -2.21. The van der Waals surface area contributed by atoms with Gasteiger partial charge in [-0.3, -0.25) is 4.57 Å². The predicted molar refractivity (Wildman–Crippen MR) is 87.6 cm³/mol. The van der Waals surface area contributed by atoms with E-state index in [4.69, 9.17) is 4.74 Å². The molecule has 0 N–H and O–H groups in total. The molecule has 0 bridgehead atoms. The van der Waals surface area contributed by atoms with Crippen molar-refractivity contribution in [2.24, 2.45) is 13.0 Å². The summed E-state index contributed by atoms with van der Waals surface area (Å²) >= 11 is 0. The second-order valence-corrected chi connectivity index (χ2v) is 5.84. The third kappa shape index (κ3) is 3.19. The number of esters is 1. The smallest absolute Gasteiger partial charge is 0.340 e. The molecule has 3 aromatic heterocycles. The molecule has 3 aromatic rings. The van der Waals surface area contributed by atoms with Gasteiger partial charge in [0.05, 0.1) is 5.56 Å². The number of carbonyl (C=O) groups excluding carboxylic acids is 1. The van der Waals surface area contributed by atoms with E-state index in [0.717, 1.165) is 5.82 Å². The molecule has 3 rings (SSSR count). The van der Waals surface area contributed by atoms with Crippen LogP contribution >= 0.6 is 0 Å². The molecule has 0 unspecified atom stereocenters. The van der Waals surface area contributed by atoms with Crippen LogP contribution in [0.15, 0.2) is 49.4 Å². The minimum atomic E-state index is -0.415. The van der Waals surface area contributed by atoms with Gasteiger partial charge in [-0.15, -0.1) is 0 Å². The molecule has 0 aliphatic carbocycles. The van der Waals surface area contributed by atoms with Crippen LogP contribution in [0.5, 0.6) is 0 Å². The molecular weight excluding hydrogens is 306 g/mol. The average molecular weight is 325 g/mol. The Hall–Kier alpha value is -2.96. The van der Waals surface area contributed by atoms with Gasteiger partial charge in [-0.25, -0.2) is 19.7 Å². The molecule has 3 heterocycles. The molecule has 0 saturated carbocycles. The minimum Gasteiger partial charge on any atom is -0.450 e. The van der Waals surface area contributed by atoms with E-state index in [2.05, 4.69) is 15.0 Å². The number of aryl methyl sites for hydroxylation is 1. The summed E-state index contributed by atoms with van der Waals surface area (Å²) in [5, 5.41) is 0. The van der Waals surface area contributed by atoms with Crippen LogP contribution in [0.4, 0.5) is 0 Å². The molecule has 0 radical (unpaired) electrons. The minimum absolute atomic E-state index is 0.105. The van der Waals surface area contributed by atoms with Gasteiger partial charge in [-0.1, -0.05) is 13.8 Å². The summed E-state index contributed by atoms with van der Waals surface area (Å²) in [6.45, 7) is 3.99. The fourth-order valence-corrected chi connectivity index (χ4v) is 2.38. The maximum atomic E-state index is 12.4. The van der Waals surface area contributed by atoms with Crippen molar-refractivity contribution in [2.45, 2.75) is 20.0 Å². The Morgan fingerprint density at radius 1 is 1.17 bits per heavy atom. The monoisotopic (exact) mass is 325 g/mol. The highest BCUT2D eigenvalue weighted by atomic mass is 16.5. The van der Waals surface area contributed by atoms with Crippen LogP contribution in [0.2, 0.25) is 0 Å². The number of nitrogens with zero attached hydrogens (tertiary/aromatic N) is 5. The summed E-state index contributed by atoms with van der Waals surface area (Å²) in [7, 11) is 1.88. The van der Waals surface area contributed by atoms with E-state index >= 15 is 0 Å². The molecule has 0 aliphatic rings. The van der Waals surface area contributed by atoms with E-state index in [0.29, 0.717) is 11.4 Å². The first-order valence-electron chi connectivity index (χ1n) is 7.69. The Bertz CT molecular complexity index is 806. The van der Waals surface area contributed by atoms with Crippen LogP contribution in [-0.2, 0) is 11.8 Å². The maximum Gasteiger partial charge on any atom is 0.340 e. The van der Waals surface area contributed by atoms with E-state index in [1.165, 1.54) is 6.20 Å². The second-order valence-electron chi connectivity index (χ2n) is 5.84. The molecule has 1 atom stereocenters. The van der Waals surface area contributed by atoms with E-state index in [9.17, 15) is 4.79 Å². The Morgan fingerprint density at radius 3 is 2.54 bits per heavy atom. The molecule has 0 aliphatic heterocycles. The number of hydrogen-bond donors (Lipinski definition) is 0.